The summed E-state index contributed by atoms with van der Waals surface area (Å²) in [4.78, 5) is 13.4. The molecule has 0 atom stereocenters. The number of pyridine rings is 1. The lowest BCUT2D eigenvalue weighted by atomic mass is 10.1. The van der Waals surface area contributed by atoms with Crippen LogP contribution in [0.4, 0.5) is 5.95 Å². The van der Waals surface area contributed by atoms with Crippen molar-refractivity contribution in [3.63, 3.8) is 0 Å². The van der Waals surface area contributed by atoms with Gasteiger partial charge >= 0.3 is 0 Å². The van der Waals surface area contributed by atoms with E-state index in [1.54, 1.807) is 32.3 Å². The van der Waals surface area contributed by atoms with Crippen molar-refractivity contribution >= 4 is 38.4 Å². The van der Waals surface area contributed by atoms with Gasteiger partial charge in [-0.1, -0.05) is 5.92 Å². The number of aryl methyl sites for hydroxylation is 1. The first-order valence-electron chi connectivity index (χ1n) is 9.60. The summed E-state index contributed by atoms with van der Waals surface area (Å²) in [6, 6.07) is 3.88. The second kappa shape index (κ2) is 8.03. The molecule has 0 spiro atoms. The minimum atomic E-state index is -1.09. The van der Waals surface area contributed by atoms with E-state index >= 15 is 0 Å². The Labute approximate surface area is 178 Å². The quantitative estimate of drug-likeness (QED) is 0.378. The Morgan fingerprint density at radius 1 is 1.33 bits per heavy atom. The van der Waals surface area contributed by atoms with E-state index in [1.807, 2.05) is 23.7 Å². The van der Waals surface area contributed by atoms with Crippen molar-refractivity contribution < 1.29 is 9.84 Å². The highest BCUT2D eigenvalue weighted by Gasteiger charge is 2.17. The predicted molar refractivity (Wildman–Crippen MR) is 120 cm³/mol. The fraction of sp³-hybridized carbons (Fsp3) is 0.318. The van der Waals surface area contributed by atoms with Crippen LogP contribution in [0.2, 0.25) is 0 Å². The maximum Gasteiger partial charge on any atom is 0.221 e. The van der Waals surface area contributed by atoms with Gasteiger partial charge in [-0.2, -0.15) is 0 Å². The zero-order valence-electron chi connectivity index (χ0n) is 17.1. The van der Waals surface area contributed by atoms with Gasteiger partial charge in [0, 0.05) is 37.4 Å². The standard InChI is InChI=1S/C22H23N5O2S/c1-22(2,28)7-5-14-11-15-16(13-27(8-4-9-29-3)18(15)12-24-14)19-20-17(6-10-30-20)25-21(23)26-19/h6,10-13,28H,4,8-9H2,1-3H3,(H2,23,25,26). The Morgan fingerprint density at radius 2 is 2.17 bits per heavy atom. The van der Waals surface area contributed by atoms with E-state index in [2.05, 4.69) is 37.6 Å². The molecule has 4 heterocycles. The van der Waals surface area contributed by atoms with E-state index in [9.17, 15) is 5.11 Å². The number of ether oxygens (including phenoxy) is 1. The number of aliphatic hydroxyl groups is 1. The first-order valence-corrected chi connectivity index (χ1v) is 10.5. The number of aromatic nitrogens is 4. The molecule has 0 aromatic carbocycles. The average molecular weight is 422 g/mol. The molecule has 4 aromatic rings. The highest BCUT2D eigenvalue weighted by Crippen LogP contribution is 2.36. The molecule has 0 unspecified atom stereocenters. The van der Waals surface area contributed by atoms with Gasteiger partial charge in [0.2, 0.25) is 5.95 Å². The molecule has 7 nitrogen and oxygen atoms in total. The number of nitrogen functional groups attached to an aromatic ring is 1. The fourth-order valence-corrected chi connectivity index (χ4v) is 4.12. The van der Waals surface area contributed by atoms with E-state index < -0.39 is 5.60 Å². The van der Waals surface area contributed by atoms with Crippen LogP contribution < -0.4 is 5.73 Å². The summed E-state index contributed by atoms with van der Waals surface area (Å²) in [6.07, 6.45) is 4.77. The molecule has 0 aliphatic rings. The SMILES string of the molecule is COCCCn1cc(-c2nc(N)nc3ccsc23)c2cc(C#CC(C)(C)O)ncc21. The lowest BCUT2D eigenvalue weighted by Gasteiger charge is -2.06. The number of rotatable bonds is 5. The van der Waals surface area contributed by atoms with Gasteiger partial charge in [-0.3, -0.25) is 0 Å². The van der Waals surface area contributed by atoms with Crippen LogP contribution >= 0.6 is 11.3 Å². The third-order valence-electron chi connectivity index (χ3n) is 4.59. The van der Waals surface area contributed by atoms with Crippen LogP contribution in [0.1, 0.15) is 26.0 Å². The molecule has 0 bridgehead atoms. The van der Waals surface area contributed by atoms with E-state index in [4.69, 9.17) is 10.5 Å². The smallest absolute Gasteiger partial charge is 0.221 e. The van der Waals surface area contributed by atoms with Crippen LogP contribution in [0.5, 0.6) is 0 Å². The van der Waals surface area contributed by atoms with Gasteiger partial charge in [-0.25, -0.2) is 15.0 Å². The summed E-state index contributed by atoms with van der Waals surface area (Å²) in [5.41, 5.74) is 9.07. The van der Waals surface area contributed by atoms with Crippen LogP contribution in [-0.2, 0) is 11.3 Å². The molecule has 8 heteroatoms. The maximum atomic E-state index is 9.93. The summed E-state index contributed by atoms with van der Waals surface area (Å²) < 4.78 is 8.35. The second-order valence-corrected chi connectivity index (χ2v) is 8.46. The molecule has 0 saturated carbocycles. The largest absolute Gasteiger partial charge is 0.385 e. The van der Waals surface area contributed by atoms with Gasteiger partial charge in [0.1, 0.15) is 11.3 Å². The molecule has 0 aliphatic carbocycles. The first-order chi connectivity index (χ1) is 14.4. The summed E-state index contributed by atoms with van der Waals surface area (Å²) >= 11 is 1.59. The van der Waals surface area contributed by atoms with Gasteiger partial charge in [-0.05, 0) is 43.7 Å². The van der Waals surface area contributed by atoms with Crippen molar-refractivity contribution in [3.8, 4) is 23.1 Å². The minimum Gasteiger partial charge on any atom is -0.385 e. The summed E-state index contributed by atoms with van der Waals surface area (Å²) in [5, 5.41) is 12.9. The molecule has 0 radical (unpaired) electrons. The van der Waals surface area contributed by atoms with E-state index in [1.165, 1.54) is 0 Å². The topological polar surface area (TPSA) is 99.1 Å². The number of anilines is 1. The normalized spacial score (nSPS) is 11.7. The number of nitrogens with two attached hydrogens (primary N) is 1. The third-order valence-corrected chi connectivity index (χ3v) is 5.50. The molecule has 0 saturated heterocycles. The van der Waals surface area contributed by atoms with Crippen LogP contribution in [0.15, 0.2) is 29.9 Å². The fourth-order valence-electron chi connectivity index (χ4n) is 3.29. The molecule has 4 aromatic heterocycles. The summed E-state index contributed by atoms with van der Waals surface area (Å²) in [7, 11) is 1.70. The van der Waals surface area contributed by atoms with Crippen LogP contribution in [0.25, 0.3) is 32.4 Å². The summed E-state index contributed by atoms with van der Waals surface area (Å²) in [6.45, 7) is 4.75. The molecular weight excluding hydrogens is 398 g/mol. The van der Waals surface area contributed by atoms with Gasteiger partial charge in [-0.15, -0.1) is 11.3 Å². The highest BCUT2D eigenvalue weighted by atomic mass is 32.1. The highest BCUT2D eigenvalue weighted by molar-refractivity contribution is 7.17. The monoisotopic (exact) mass is 421 g/mol. The number of fused-ring (bicyclic) bond motifs is 2. The van der Waals surface area contributed by atoms with Gasteiger partial charge < -0.3 is 20.1 Å². The van der Waals surface area contributed by atoms with Gasteiger partial charge in [0.15, 0.2) is 0 Å². The maximum absolute atomic E-state index is 9.93. The third kappa shape index (κ3) is 4.14. The zero-order valence-corrected chi connectivity index (χ0v) is 18.0. The lowest BCUT2D eigenvalue weighted by Crippen LogP contribution is -2.14. The van der Waals surface area contributed by atoms with Crippen LogP contribution in [0, 0.1) is 11.8 Å². The van der Waals surface area contributed by atoms with E-state index in [0.29, 0.717) is 12.3 Å². The molecule has 30 heavy (non-hydrogen) atoms. The Morgan fingerprint density at radius 3 is 2.93 bits per heavy atom. The number of hydrogen-bond acceptors (Lipinski definition) is 7. The van der Waals surface area contributed by atoms with Crippen molar-refractivity contribution in [1.29, 1.82) is 0 Å². The number of methoxy groups -OCH3 is 1. The second-order valence-electron chi connectivity index (χ2n) is 7.54. The molecular formula is C22H23N5O2S. The van der Waals surface area contributed by atoms with Crippen molar-refractivity contribution in [3.05, 3.63) is 35.6 Å². The Hall–Kier alpha value is -2.99. The van der Waals surface area contributed by atoms with E-state index in [-0.39, 0.29) is 5.95 Å². The molecule has 154 valence electrons. The molecule has 0 amide bonds. The molecule has 0 fully saturated rings. The van der Waals surface area contributed by atoms with Crippen molar-refractivity contribution in [2.45, 2.75) is 32.4 Å². The van der Waals surface area contributed by atoms with E-state index in [0.717, 1.165) is 45.3 Å². The van der Waals surface area contributed by atoms with Gasteiger partial charge in [0.25, 0.3) is 0 Å². The number of hydrogen-bond donors (Lipinski definition) is 2. The number of thiophene rings is 1. The van der Waals surface area contributed by atoms with Crippen LogP contribution in [0.3, 0.4) is 0 Å². The molecule has 3 N–H and O–H groups in total. The molecule has 0 aliphatic heterocycles. The van der Waals surface area contributed by atoms with Crippen molar-refractivity contribution in [1.82, 2.24) is 19.5 Å². The summed E-state index contributed by atoms with van der Waals surface area (Å²) in [5.74, 6) is 6.03. The Kier molecular flexibility index (Phi) is 5.43. The number of nitrogens with zero attached hydrogens (tertiary/aromatic N) is 4. The average Bonchev–Trinajstić information content (AvgIpc) is 3.30. The predicted octanol–water partition coefficient (Wildman–Crippen LogP) is 3.45. The van der Waals surface area contributed by atoms with Crippen molar-refractivity contribution in [2.24, 2.45) is 0 Å². The van der Waals surface area contributed by atoms with Crippen LogP contribution in [-0.4, -0.2) is 43.9 Å². The Balaban J connectivity index is 1.91. The van der Waals surface area contributed by atoms with Gasteiger partial charge in [0.05, 0.1) is 27.6 Å². The lowest BCUT2D eigenvalue weighted by molar-refractivity contribution is 0.143. The first kappa shape index (κ1) is 20.3. The minimum absolute atomic E-state index is 0.243. The molecule has 4 rings (SSSR count). The zero-order chi connectivity index (χ0) is 21.3. The van der Waals surface area contributed by atoms with Crippen molar-refractivity contribution in [2.75, 3.05) is 19.5 Å². The Bertz CT molecular complexity index is 1270.